The minimum Gasteiger partial charge on any atom is -0.318 e. The van der Waals surface area contributed by atoms with E-state index in [0.717, 1.165) is 0 Å². The van der Waals surface area contributed by atoms with Crippen molar-refractivity contribution in [3.63, 3.8) is 0 Å². The summed E-state index contributed by atoms with van der Waals surface area (Å²) in [6.45, 7) is 0. The van der Waals surface area contributed by atoms with Crippen molar-refractivity contribution < 1.29 is 44.3 Å². The van der Waals surface area contributed by atoms with Crippen LogP contribution in [0.3, 0.4) is 0 Å². The van der Waals surface area contributed by atoms with E-state index in [2.05, 4.69) is 4.74 Å². The topological polar surface area (TPSA) is 9.23 Å². The molecule has 1 nitrogen and oxygen atoms in total. The molecule has 0 aliphatic rings. The van der Waals surface area contributed by atoms with E-state index < -0.39 is 29.9 Å². The Hall–Kier alpha value is -0.930. The number of ether oxygens (including phenoxy) is 1. The van der Waals surface area contributed by atoms with Gasteiger partial charge in [0, 0.05) is 7.11 Å². The molecule has 0 aromatic carbocycles. The average molecular weight is 262 g/mol. The van der Waals surface area contributed by atoms with E-state index in [-0.39, 0.29) is 7.11 Å². The van der Waals surface area contributed by atoms with Crippen LogP contribution in [0.15, 0.2) is 11.7 Å². The SMILES string of the molecule is COC(F)(F)/C(F)=C(\F)C(F)(F)C(F)(F)F. The lowest BCUT2D eigenvalue weighted by atomic mass is 10.2. The molecule has 0 N–H and O–H groups in total. The smallest absolute Gasteiger partial charge is 0.318 e. The lowest BCUT2D eigenvalue weighted by Crippen LogP contribution is -2.39. The van der Waals surface area contributed by atoms with Gasteiger partial charge in [-0.05, 0) is 0 Å². The highest BCUT2D eigenvalue weighted by Crippen LogP contribution is 2.45. The summed E-state index contributed by atoms with van der Waals surface area (Å²) in [5, 5.41) is 0. The molecule has 10 heteroatoms. The molecule has 0 aliphatic heterocycles. The fourth-order valence-electron chi connectivity index (χ4n) is 0.480. The first-order valence-corrected chi connectivity index (χ1v) is 3.31. The van der Waals surface area contributed by atoms with Crippen molar-refractivity contribution in [3.05, 3.63) is 11.7 Å². The highest BCUT2D eigenvalue weighted by atomic mass is 19.4. The summed E-state index contributed by atoms with van der Waals surface area (Å²) in [4.78, 5) is 0. The van der Waals surface area contributed by atoms with Crippen molar-refractivity contribution in [2.45, 2.75) is 18.2 Å². The molecule has 0 bridgehead atoms. The molecule has 0 heterocycles. The quantitative estimate of drug-likeness (QED) is 0.706. The van der Waals surface area contributed by atoms with Crippen LogP contribution in [0.4, 0.5) is 39.5 Å². The van der Waals surface area contributed by atoms with Crippen molar-refractivity contribution >= 4 is 0 Å². The van der Waals surface area contributed by atoms with Crippen LogP contribution in [0.25, 0.3) is 0 Å². The van der Waals surface area contributed by atoms with E-state index >= 15 is 0 Å². The summed E-state index contributed by atoms with van der Waals surface area (Å²) >= 11 is 0. The van der Waals surface area contributed by atoms with E-state index in [1.807, 2.05) is 0 Å². The predicted molar refractivity (Wildman–Crippen MR) is 32.2 cm³/mol. The Kier molecular flexibility index (Phi) is 3.91. The van der Waals surface area contributed by atoms with Gasteiger partial charge in [0.1, 0.15) is 0 Å². The van der Waals surface area contributed by atoms with Crippen molar-refractivity contribution in [1.29, 1.82) is 0 Å². The van der Waals surface area contributed by atoms with E-state index in [1.54, 1.807) is 0 Å². The third-order valence-electron chi connectivity index (χ3n) is 1.34. The zero-order chi connectivity index (χ0) is 13.4. The van der Waals surface area contributed by atoms with Crippen LogP contribution in [0, 0.1) is 0 Å². The van der Waals surface area contributed by atoms with Crippen molar-refractivity contribution in [2.75, 3.05) is 7.11 Å². The Bertz CT molecular complexity index is 289. The summed E-state index contributed by atoms with van der Waals surface area (Å²) < 4.78 is 110. The van der Waals surface area contributed by atoms with Crippen LogP contribution in [0.1, 0.15) is 0 Å². The minimum atomic E-state index is -6.53. The number of methoxy groups -OCH3 is 1. The number of hydrogen-bond acceptors (Lipinski definition) is 1. The Labute approximate surface area is 82.5 Å². The standard InChI is InChI=1S/C6H3F9O/c1-16-5(11,12)3(8)2(7)4(9,10)6(13,14)15/h1H3/b3-2+. The van der Waals surface area contributed by atoms with Gasteiger partial charge in [0.05, 0.1) is 0 Å². The third kappa shape index (κ3) is 2.60. The third-order valence-corrected chi connectivity index (χ3v) is 1.34. The molecule has 96 valence electrons. The van der Waals surface area contributed by atoms with Crippen LogP contribution in [-0.2, 0) is 4.74 Å². The zero-order valence-electron chi connectivity index (χ0n) is 7.31. The molecule has 0 radical (unpaired) electrons. The number of rotatable bonds is 3. The highest BCUT2D eigenvalue weighted by molar-refractivity contribution is 5.16. The largest absolute Gasteiger partial charge is 0.460 e. The molecular formula is C6H3F9O. The van der Waals surface area contributed by atoms with E-state index in [9.17, 15) is 39.5 Å². The summed E-state index contributed by atoms with van der Waals surface area (Å²) in [6.07, 6.45) is -11.7. The fourth-order valence-corrected chi connectivity index (χ4v) is 0.480. The monoisotopic (exact) mass is 262 g/mol. The molecule has 0 aliphatic carbocycles. The van der Waals surface area contributed by atoms with Crippen LogP contribution in [0.5, 0.6) is 0 Å². The summed E-state index contributed by atoms with van der Waals surface area (Å²) in [5.41, 5.74) is 0. The van der Waals surface area contributed by atoms with Gasteiger partial charge in [-0.1, -0.05) is 0 Å². The van der Waals surface area contributed by atoms with E-state index in [4.69, 9.17) is 0 Å². The van der Waals surface area contributed by atoms with Gasteiger partial charge in [0.25, 0.3) is 0 Å². The molecule has 16 heavy (non-hydrogen) atoms. The van der Waals surface area contributed by atoms with E-state index in [0.29, 0.717) is 0 Å². The predicted octanol–water partition coefficient (Wildman–Crippen LogP) is 3.57. The normalized spacial score (nSPS) is 16.1. The summed E-state index contributed by atoms with van der Waals surface area (Å²) in [7, 11) is 0.0958. The molecule has 0 unspecified atom stereocenters. The molecule has 0 saturated carbocycles. The van der Waals surface area contributed by atoms with Gasteiger partial charge in [-0.3, -0.25) is 0 Å². The molecule has 0 atom stereocenters. The van der Waals surface area contributed by atoms with E-state index in [1.165, 1.54) is 0 Å². The molecule has 0 saturated heterocycles. The summed E-state index contributed by atoms with van der Waals surface area (Å²) in [5.74, 6) is -13.9. The van der Waals surface area contributed by atoms with Crippen molar-refractivity contribution in [2.24, 2.45) is 0 Å². The molecule has 0 aromatic rings. The zero-order valence-corrected chi connectivity index (χ0v) is 7.31. The molecule has 0 spiro atoms. The average Bonchev–Trinajstić information content (AvgIpc) is 2.13. The minimum absolute atomic E-state index is 0.0958. The molecule has 0 aromatic heterocycles. The van der Waals surface area contributed by atoms with Gasteiger partial charge in [-0.25, -0.2) is 4.39 Å². The number of allylic oxidation sites excluding steroid dienone is 1. The first-order chi connectivity index (χ1) is 6.88. The maximum atomic E-state index is 12.3. The lowest BCUT2D eigenvalue weighted by Gasteiger charge is -2.20. The number of hydrogen-bond donors (Lipinski definition) is 0. The number of halogens is 9. The summed E-state index contributed by atoms with van der Waals surface area (Å²) in [6, 6.07) is 0. The van der Waals surface area contributed by atoms with Crippen LogP contribution >= 0.6 is 0 Å². The van der Waals surface area contributed by atoms with Gasteiger partial charge in [-0.15, -0.1) is 0 Å². The van der Waals surface area contributed by atoms with Crippen LogP contribution in [-0.4, -0.2) is 25.3 Å². The molecule has 0 amide bonds. The van der Waals surface area contributed by atoms with Crippen molar-refractivity contribution in [3.8, 4) is 0 Å². The molecule has 0 fully saturated rings. The molecule has 0 rings (SSSR count). The van der Waals surface area contributed by atoms with Gasteiger partial charge in [-0.2, -0.15) is 35.1 Å². The Balaban J connectivity index is 5.50. The van der Waals surface area contributed by atoms with Gasteiger partial charge in [0.2, 0.25) is 11.7 Å². The maximum Gasteiger partial charge on any atom is 0.460 e. The van der Waals surface area contributed by atoms with Gasteiger partial charge < -0.3 is 4.74 Å². The Morgan fingerprint density at radius 3 is 1.44 bits per heavy atom. The maximum absolute atomic E-state index is 12.3. The van der Waals surface area contributed by atoms with Crippen molar-refractivity contribution in [1.82, 2.24) is 0 Å². The van der Waals surface area contributed by atoms with Gasteiger partial charge in [0.15, 0.2) is 0 Å². The number of alkyl halides is 7. The van der Waals surface area contributed by atoms with Gasteiger partial charge >= 0.3 is 18.2 Å². The Morgan fingerprint density at radius 2 is 1.19 bits per heavy atom. The lowest BCUT2D eigenvalue weighted by molar-refractivity contribution is -0.275. The Morgan fingerprint density at radius 1 is 0.812 bits per heavy atom. The van der Waals surface area contributed by atoms with Crippen LogP contribution < -0.4 is 0 Å². The second-order valence-electron chi connectivity index (χ2n) is 2.42. The second-order valence-corrected chi connectivity index (χ2v) is 2.42. The molecular weight excluding hydrogens is 259 g/mol. The first kappa shape index (κ1) is 15.1. The van der Waals surface area contributed by atoms with Crippen LogP contribution in [0.2, 0.25) is 0 Å². The fraction of sp³-hybridized carbons (Fsp3) is 0.667. The second kappa shape index (κ2) is 4.15. The first-order valence-electron chi connectivity index (χ1n) is 3.31. The highest BCUT2D eigenvalue weighted by Gasteiger charge is 2.64.